The Kier molecular flexibility index (Phi) is 6.98. The lowest BCUT2D eigenvalue weighted by molar-refractivity contribution is 0.0800. The van der Waals surface area contributed by atoms with Crippen LogP contribution < -0.4 is 14.2 Å². The fourth-order valence-corrected chi connectivity index (χ4v) is 3.74. The second-order valence-electron chi connectivity index (χ2n) is 5.56. The Bertz CT molecular complexity index is 810. The van der Waals surface area contributed by atoms with Crippen molar-refractivity contribution in [2.75, 3.05) is 27.9 Å². The van der Waals surface area contributed by atoms with Crippen molar-refractivity contribution in [2.24, 2.45) is 0 Å². The molecule has 7 nitrogen and oxygen atoms in total. The first-order chi connectivity index (χ1) is 12.4. The first-order valence-corrected chi connectivity index (χ1v) is 9.37. The Morgan fingerprint density at radius 3 is 2.23 bits per heavy atom. The van der Waals surface area contributed by atoms with Gasteiger partial charge in [-0.15, -0.1) is 0 Å². The van der Waals surface area contributed by atoms with Gasteiger partial charge in [-0.2, -0.15) is 0 Å². The van der Waals surface area contributed by atoms with E-state index in [9.17, 15) is 13.5 Å². The van der Waals surface area contributed by atoms with E-state index in [0.717, 1.165) is 0 Å². The smallest absolute Gasteiger partial charge is 0.241 e. The zero-order chi connectivity index (χ0) is 19.2. The maximum atomic E-state index is 12.7. The molecule has 0 aliphatic carbocycles. The van der Waals surface area contributed by atoms with Gasteiger partial charge in [0.15, 0.2) is 11.5 Å². The number of aliphatic hydroxyl groups is 1. The number of benzene rings is 2. The third-order valence-corrected chi connectivity index (χ3v) is 5.33. The highest BCUT2D eigenvalue weighted by Crippen LogP contribution is 2.29. The van der Waals surface area contributed by atoms with Crippen LogP contribution in [-0.2, 0) is 14.8 Å². The van der Waals surface area contributed by atoms with E-state index < -0.39 is 22.2 Å². The van der Waals surface area contributed by atoms with Gasteiger partial charge in [0.25, 0.3) is 0 Å². The van der Waals surface area contributed by atoms with Gasteiger partial charge in [0.05, 0.1) is 37.9 Å². The number of methoxy groups -OCH3 is 3. The van der Waals surface area contributed by atoms with Crippen LogP contribution in [0.1, 0.15) is 11.7 Å². The van der Waals surface area contributed by atoms with E-state index in [1.54, 1.807) is 24.3 Å². The zero-order valence-corrected chi connectivity index (χ0v) is 15.7. The second kappa shape index (κ2) is 9.00. The monoisotopic (exact) mass is 381 g/mol. The van der Waals surface area contributed by atoms with Crippen molar-refractivity contribution >= 4 is 10.0 Å². The molecule has 0 spiro atoms. The Morgan fingerprint density at radius 1 is 1.00 bits per heavy atom. The van der Waals surface area contributed by atoms with Gasteiger partial charge in [0.2, 0.25) is 10.0 Å². The molecule has 2 atom stereocenters. The highest BCUT2D eigenvalue weighted by atomic mass is 32.2. The van der Waals surface area contributed by atoms with Gasteiger partial charge in [0, 0.05) is 13.2 Å². The molecule has 2 N–H and O–H groups in total. The fourth-order valence-electron chi connectivity index (χ4n) is 2.50. The first kappa shape index (κ1) is 20.2. The van der Waals surface area contributed by atoms with Crippen LogP contribution in [0.3, 0.4) is 0 Å². The molecule has 0 aliphatic heterocycles. The lowest BCUT2D eigenvalue weighted by Gasteiger charge is -2.24. The predicted molar refractivity (Wildman–Crippen MR) is 96.9 cm³/mol. The quantitative estimate of drug-likeness (QED) is 0.687. The highest BCUT2D eigenvalue weighted by molar-refractivity contribution is 7.89. The van der Waals surface area contributed by atoms with E-state index in [1.807, 2.05) is 6.07 Å². The fraction of sp³-hybridized carbons (Fsp3) is 0.333. The van der Waals surface area contributed by atoms with E-state index in [4.69, 9.17) is 14.2 Å². The minimum Gasteiger partial charge on any atom is -0.493 e. The Labute approximate surface area is 153 Å². The van der Waals surface area contributed by atoms with Gasteiger partial charge in [-0.1, -0.05) is 30.3 Å². The molecule has 26 heavy (non-hydrogen) atoms. The molecule has 142 valence electrons. The van der Waals surface area contributed by atoms with Gasteiger partial charge >= 0.3 is 0 Å². The van der Waals surface area contributed by atoms with Crippen LogP contribution in [0.4, 0.5) is 0 Å². The molecule has 0 heterocycles. The summed E-state index contributed by atoms with van der Waals surface area (Å²) in [7, 11) is 0.415. The van der Waals surface area contributed by atoms with Crippen LogP contribution in [0.5, 0.6) is 11.5 Å². The molecule has 0 bridgehead atoms. The standard InChI is InChI=1S/C18H23NO6S/c1-23-12-15(18(20)13-7-5-4-6-8-13)19-26(21,22)14-9-10-16(24-2)17(11-14)25-3/h4-11,15,18-20H,12H2,1-3H3. The number of sulfonamides is 1. The van der Waals surface area contributed by atoms with E-state index >= 15 is 0 Å². The van der Waals surface area contributed by atoms with E-state index in [1.165, 1.54) is 39.5 Å². The number of nitrogens with one attached hydrogen (secondary N) is 1. The number of hydrogen-bond acceptors (Lipinski definition) is 6. The molecule has 0 fully saturated rings. The van der Waals surface area contributed by atoms with Crippen molar-refractivity contribution in [3.63, 3.8) is 0 Å². The number of ether oxygens (including phenoxy) is 3. The average Bonchev–Trinajstić information content (AvgIpc) is 2.67. The summed E-state index contributed by atoms with van der Waals surface area (Å²) in [4.78, 5) is -0.00323. The molecule has 0 aliphatic rings. The molecule has 2 rings (SSSR count). The van der Waals surface area contributed by atoms with Crippen LogP contribution in [0.25, 0.3) is 0 Å². The summed E-state index contributed by atoms with van der Waals surface area (Å²) in [5, 5.41) is 10.6. The van der Waals surface area contributed by atoms with Crippen LogP contribution in [0.2, 0.25) is 0 Å². The summed E-state index contributed by atoms with van der Waals surface area (Å²) in [5.74, 6) is 0.714. The minimum absolute atomic E-state index is 0.00256. The number of rotatable bonds is 9. The predicted octanol–water partition coefficient (Wildman–Crippen LogP) is 1.73. The van der Waals surface area contributed by atoms with Gasteiger partial charge in [-0.3, -0.25) is 0 Å². The summed E-state index contributed by atoms with van der Waals surface area (Å²) >= 11 is 0. The molecule has 2 unspecified atom stereocenters. The van der Waals surface area contributed by atoms with Crippen LogP contribution >= 0.6 is 0 Å². The number of aliphatic hydroxyl groups excluding tert-OH is 1. The van der Waals surface area contributed by atoms with Crippen LogP contribution in [-0.4, -0.2) is 47.5 Å². The van der Waals surface area contributed by atoms with Crippen molar-refractivity contribution in [1.29, 1.82) is 0 Å². The van der Waals surface area contributed by atoms with Crippen molar-refractivity contribution in [1.82, 2.24) is 4.72 Å². The van der Waals surface area contributed by atoms with Gasteiger partial charge in [0.1, 0.15) is 0 Å². The Balaban J connectivity index is 2.29. The first-order valence-electron chi connectivity index (χ1n) is 7.89. The normalized spacial score (nSPS) is 13.8. The SMILES string of the molecule is COCC(NS(=O)(=O)c1ccc(OC)c(OC)c1)C(O)c1ccccc1. The zero-order valence-electron chi connectivity index (χ0n) is 14.9. The molecule has 2 aromatic rings. The third-order valence-electron chi connectivity index (χ3n) is 3.84. The summed E-state index contributed by atoms with van der Waals surface area (Å²) < 4.78 is 43.3. The summed E-state index contributed by atoms with van der Waals surface area (Å²) in [5.41, 5.74) is 0.588. The van der Waals surface area contributed by atoms with Gasteiger partial charge in [-0.05, 0) is 17.7 Å². The van der Waals surface area contributed by atoms with Crippen LogP contribution in [0, 0.1) is 0 Å². The summed E-state index contributed by atoms with van der Waals surface area (Å²) in [6.45, 7) is 0.00256. The van der Waals surface area contributed by atoms with Crippen molar-refractivity contribution < 1.29 is 27.7 Å². The van der Waals surface area contributed by atoms with Crippen molar-refractivity contribution in [2.45, 2.75) is 17.0 Å². The van der Waals surface area contributed by atoms with Crippen molar-refractivity contribution in [3.05, 3.63) is 54.1 Å². The minimum atomic E-state index is -3.92. The molecule has 0 aromatic heterocycles. The Morgan fingerprint density at radius 2 is 1.65 bits per heavy atom. The lowest BCUT2D eigenvalue weighted by atomic mass is 10.0. The van der Waals surface area contributed by atoms with Gasteiger partial charge < -0.3 is 19.3 Å². The largest absolute Gasteiger partial charge is 0.493 e. The number of hydrogen-bond donors (Lipinski definition) is 2. The molecule has 0 saturated heterocycles. The maximum Gasteiger partial charge on any atom is 0.241 e. The van der Waals surface area contributed by atoms with Crippen LogP contribution in [0.15, 0.2) is 53.4 Å². The van der Waals surface area contributed by atoms with E-state index in [-0.39, 0.29) is 11.5 Å². The van der Waals surface area contributed by atoms with E-state index in [2.05, 4.69) is 4.72 Å². The van der Waals surface area contributed by atoms with E-state index in [0.29, 0.717) is 17.1 Å². The third kappa shape index (κ3) is 4.73. The molecular weight excluding hydrogens is 358 g/mol. The molecular formula is C18H23NO6S. The maximum absolute atomic E-state index is 12.7. The molecule has 2 aromatic carbocycles. The molecule has 8 heteroatoms. The summed E-state index contributed by atoms with van der Waals surface area (Å²) in [6.07, 6.45) is -1.06. The molecule has 0 amide bonds. The molecule has 0 saturated carbocycles. The highest BCUT2D eigenvalue weighted by Gasteiger charge is 2.27. The second-order valence-corrected chi connectivity index (χ2v) is 7.27. The van der Waals surface area contributed by atoms with Crippen molar-refractivity contribution in [3.8, 4) is 11.5 Å². The molecule has 0 radical (unpaired) electrons. The Hall–Kier alpha value is -2.13. The topological polar surface area (TPSA) is 94.1 Å². The van der Waals surface area contributed by atoms with Gasteiger partial charge in [-0.25, -0.2) is 13.1 Å². The summed E-state index contributed by atoms with van der Waals surface area (Å²) in [6, 6.07) is 12.2. The lowest BCUT2D eigenvalue weighted by Crippen LogP contribution is -2.42. The average molecular weight is 381 g/mol.